The third-order valence-corrected chi connectivity index (χ3v) is 11.8. The number of hydrogen-bond acceptors (Lipinski definition) is 9. The Morgan fingerprint density at radius 2 is 1.82 bits per heavy atom. The van der Waals surface area contributed by atoms with E-state index in [1.165, 1.54) is 4.52 Å². The second-order valence-corrected chi connectivity index (χ2v) is 16.0. The Hall–Kier alpha value is -4.40. The largest absolute Gasteiger partial charge is 0.440 e. The van der Waals surface area contributed by atoms with Gasteiger partial charge in [0.05, 0.1) is 35.9 Å². The van der Waals surface area contributed by atoms with Gasteiger partial charge in [0.1, 0.15) is 5.69 Å². The van der Waals surface area contributed by atoms with Crippen molar-refractivity contribution in [3.63, 3.8) is 0 Å². The Morgan fingerprint density at radius 3 is 2.52 bits per heavy atom. The molecule has 0 amide bonds. The molecule has 0 aliphatic heterocycles. The van der Waals surface area contributed by atoms with E-state index in [0.717, 1.165) is 5.69 Å². The zero-order chi connectivity index (χ0) is 28.7. The summed E-state index contributed by atoms with van der Waals surface area (Å²) in [6, 6.07) is 15.2. The summed E-state index contributed by atoms with van der Waals surface area (Å²) in [4.78, 5) is 18.7. The number of aromatic nitrogens is 6. The van der Waals surface area contributed by atoms with Crippen LogP contribution >= 0.6 is 0 Å². The van der Waals surface area contributed by atoms with Crippen LogP contribution in [0.1, 0.15) is 49.4 Å². The number of nitriles is 1. The average Bonchev–Trinajstić information content (AvgIpc) is 3.50. The number of nitrogens with two attached hydrogens (primary N) is 1. The van der Waals surface area contributed by atoms with Gasteiger partial charge in [-0.1, -0.05) is 45.0 Å². The first-order chi connectivity index (χ1) is 19.0. The molecule has 4 heterocycles. The van der Waals surface area contributed by atoms with E-state index < -0.39 is 8.32 Å². The van der Waals surface area contributed by atoms with E-state index in [-0.39, 0.29) is 17.6 Å². The highest BCUT2D eigenvalue weighted by atomic mass is 28.4. The molecular weight excluding hydrogens is 520 g/mol. The van der Waals surface area contributed by atoms with Crippen LogP contribution in [0.4, 0.5) is 5.95 Å². The number of rotatable bonds is 7. The lowest BCUT2D eigenvalue weighted by Crippen LogP contribution is -2.40. The van der Waals surface area contributed by atoms with Gasteiger partial charge < -0.3 is 14.6 Å². The second-order valence-electron chi connectivity index (χ2n) is 11.2. The number of fused-ring (bicyclic) bond motifs is 1. The Labute approximate surface area is 234 Å². The number of nitrogen functional groups attached to an aromatic ring is 1. The van der Waals surface area contributed by atoms with Crippen molar-refractivity contribution in [1.82, 2.24) is 29.5 Å². The van der Waals surface area contributed by atoms with E-state index in [1.54, 1.807) is 19.2 Å². The van der Waals surface area contributed by atoms with Crippen LogP contribution in [0.3, 0.4) is 0 Å². The summed E-state index contributed by atoms with van der Waals surface area (Å²) in [5.41, 5.74) is 10.4. The maximum atomic E-state index is 9.90. The molecule has 0 unspecified atom stereocenters. The lowest BCUT2D eigenvalue weighted by molar-refractivity contribution is 0.272. The van der Waals surface area contributed by atoms with Crippen LogP contribution in [-0.4, -0.2) is 37.9 Å². The number of aryl methyl sites for hydroxylation is 1. The molecule has 0 spiro atoms. The van der Waals surface area contributed by atoms with Crippen molar-refractivity contribution in [1.29, 1.82) is 5.26 Å². The Balaban J connectivity index is 1.73. The van der Waals surface area contributed by atoms with Crippen LogP contribution in [0.2, 0.25) is 18.1 Å². The molecular formula is C29H32N8O2Si. The van der Waals surface area contributed by atoms with Crippen molar-refractivity contribution < 1.29 is 8.84 Å². The average molecular weight is 553 g/mol. The predicted octanol–water partition coefficient (Wildman–Crippen LogP) is 5.72. The minimum atomic E-state index is -2.10. The summed E-state index contributed by atoms with van der Waals surface area (Å²) in [5, 5.41) is 14.6. The number of oxazole rings is 1. The molecule has 0 fully saturated rings. The Morgan fingerprint density at radius 1 is 1.07 bits per heavy atom. The fourth-order valence-electron chi connectivity index (χ4n) is 4.16. The second kappa shape index (κ2) is 10.3. The van der Waals surface area contributed by atoms with Crippen LogP contribution in [0.15, 0.2) is 53.1 Å². The van der Waals surface area contributed by atoms with Crippen LogP contribution < -0.4 is 5.73 Å². The first-order valence-electron chi connectivity index (χ1n) is 13.0. The van der Waals surface area contributed by atoms with Crippen LogP contribution in [0.25, 0.3) is 28.2 Å². The highest BCUT2D eigenvalue weighted by Crippen LogP contribution is 2.40. The van der Waals surface area contributed by atoms with Crippen LogP contribution in [0.5, 0.6) is 0 Å². The number of hydrogen-bond donors (Lipinski definition) is 1. The zero-order valence-electron chi connectivity index (χ0n) is 23.6. The minimum absolute atomic E-state index is 0.0201. The molecule has 5 aromatic rings. The first kappa shape index (κ1) is 27.2. The normalized spacial score (nSPS) is 12.1. The quantitative estimate of drug-likeness (QED) is 0.251. The van der Waals surface area contributed by atoms with Gasteiger partial charge in [-0.2, -0.15) is 9.78 Å². The molecule has 1 aromatic carbocycles. The van der Waals surface area contributed by atoms with Gasteiger partial charge in [0.15, 0.2) is 31.4 Å². The number of nitrogens with zero attached hydrogens (tertiary/aromatic N) is 7. The number of benzene rings is 1. The molecule has 204 valence electrons. The van der Waals surface area contributed by atoms with Gasteiger partial charge in [0, 0.05) is 24.4 Å². The van der Waals surface area contributed by atoms with Gasteiger partial charge in [0.25, 0.3) is 0 Å². The molecule has 4 aromatic heterocycles. The van der Waals surface area contributed by atoms with E-state index in [1.807, 2.05) is 36.4 Å². The maximum absolute atomic E-state index is 9.90. The van der Waals surface area contributed by atoms with E-state index in [2.05, 4.69) is 50.0 Å². The topological polar surface area (TPSA) is 141 Å². The summed E-state index contributed by atoms with van der Waals surface area (Å²) >= 11 is 0. The molecule has 0 aliphatic rings. The fraction of sp³-hybridized carbons (Fsp3) is 0.310. The van der Waals surface area contributed by atoms with Crippen molar-refractivity contribution >= 4 is 19.9 Å². The predicted molar refractivity (Wildman–Crippen MR) is 155 cm³/mol. The SMILES string of the molecule is Cc1nc(CO[Si](C)(C)C(C)(C)C)c(-c2c(-c3ccccc3C#N)nc(N)n3nc(Cc4ccccn4)nc23)o1. The van der Waals surface area contributed by atoms with E-state index in [9.17, 15) is 5.26 Å². The molecule has 10 nitrogen and oxygen atoms in total. The summed E-state index contributed by atoms with van der Waals surface area (Å²) in [6.07, 6.45) is 2.14. The van der Waals surface area contributed by atoms with E-state index >= 15 is 0 Å². The molecule has 0 saturated carbocycles. The van der Waals surface area contributed by atoms with Crippen molar-refractivity contribution in [2.24, 2.45) is 0 Å². The highest BCUT2D eigenvalue weighted by molar-refractivity contribution is 6.74. The van der Waals surface area contributed by atoms with Crippen molar-refractivity contribution in [3.8, 4) is 28.7 Å². The lowest BCUT2D eigenvalue weighted by Gasteiger charge is -2.35. The molecule has 0 saturated heterocycles. The van der Waals surface area contributed by atoms with Crippen molar-refractivity contribution in [3.05, 3.63) is 77.3 Å². The van der Waals surface area contributed by atoms with Crippen LogP contribution in [-0.2, 0) is 17.5 Å². The Bertz CT molecular complexity index is 1730. The first-order valence-corrected chi connectivity index (χ1v) is 15.9. The summed E-state index contributed by atoms with van der Waals surface area (Å²) in [7, 11) is -2.10. The molecule has 2 N–H and O–H groups in total. The van der Waals surface area contributed by atoms with Crippen molar-refractivity contribution in [2.45, 2.75) is 58.9 Å². The van der Waals surface area contributed by atoms with Gasteiger partial charge in [0.2, 0.25) is 5.95 Å². The van der Waals surface area contributed by atoms with E-state index in [0.29, 0.717) is 57.6 Å². The molecule has 40 heavy (non-hydrogen) atoms. The molecule has 0 atom stereocenters. The summed E-state index contributed by atoms with van der Waals surface area (Å²) in [5.74, 6) is 1.60. The molecule has 0 aliphatic carbocycles. The van der Waals surface area contributed by atoms with E-state index in [4.69, 9.17) is 29.5 Å². The summed E-state index contributed by atoms with van der Waals surface area (Å²) < 4.78 is 14.3. The maximum Gasteiger partial charge on any atom is 0.223 e. The van der Waals surface area contributed by atoms with Gasteiger partial charge in [-0.15, -0.1) is 5.10 Å². The molecule has 5 rings (SSSR count). The monoisotopic (exact) mass is 552 g/mol. The molecule has 0 bridgehead atoms. The number of anilines is 1. The molecule has 0 radical (unpaired) electrons. The smallest absolute Gasteiger partial charge is 0.223 e. The van der Waals surface area contributed by atoms with Gasteiger partial charge in [-0.3, -0.25) is 4.98 Å². The fourth-order valence-corrected chi connectivity index (χ4v) is 5.09. The number of pyridine rings is 1. The molecule has 11 heteroatoms. The van der Waals surface area contributed by atoms with Gasteiger partial charge >= 0.3 is 0 Å². The Kier molecular flexibility index (Phi) is 6.99. The third kappa shape index (κ3) is 5.11. The highest BCUT2D eigenvalue weighted by Gasteiger charge is 2.38. The van der Waals surface area contributed by atoms with Gasteiger partial charge in [-0.25, -0.2) is 15.0 Å². The summed E-state index contributed by atoms with van der Waals surface area (Å²) in [6.45, 7) is 13.0. The third-order valence-electron chi connectivity index (χ3n) is 7.33. The standard InChI is InChI=1S/C29H32N8O2Si/c1-18-33-22(17-38-40(5,6)29(2,3)4)26(39-18)24-25(21-13-8-7-11-19(21)16-30)35-28(31)37-27(24)34-23(36-37)15-20-12-9-10-14-32-20/h7-14H,15,17H2,1-6H3,(H2,31,35). The van der Waals surface area contributed by atoms with Crippen LogP contribution in [0, 0.1) is 18.3 Å². The zero-order valence-corrected chi connectivity index (χ0v) is 24.6. The van der Waals surface area contributed by atoms with Gasteiger partial charge in [-0.05, 0) is 36.3 Å². The lowest BCUT2D eigenvalue weighted by atomic mass is 9.99. The minimum Gasteiger partial charge on any atom is -0.440 e. The van der Waals surface area contributed by atoms with Crippen molar-refractivity contribution in [2.75, 3.05) is 5.73 Å².